The van der Waals surface area contributed by atoms with Crippen LogP contribution in [0.5, 0.6) is 0 Å². The van der Waals surface area contributed by atoms with E-state index in [0.29, 0.717) is 12.4 Å². The standard InChI is InChI=1S/C11H13ClF3N3/c1-7-6-16-4-5-18(7)9-3-2-8(10(12)17-9)11(13,14)15/h2-3,7,16H,4-6H2,1H3/t7-/m0/s1. The lowest BCUT2D eigenvalue weighted by Crippen LogP contribution is -2.50. The number of halogens is 4. The van der Waals surface area contributed by atoms with Crippen LogP contribution in [-0.2, 0) is 6.18 Å². The number of nitrogens with one attached hydrogen (secondary N) is 1. The lowest BCUT2D eigenvalue weighted by Gasteiger charge is -2.35. The lowest BCUT2D eigenvalue weighted by molar-refractivity contribution is -0.137. The van der Waals surface area contributed by atoms with E-state index in [1.165, 1.54) is 6.07 Å². The van der Waals surface area contributed by atoms with Gasteiger partial charge in [0.15, 0.2) is 0 Å². The Bertz CT molecular complexity index is 436. The van der Waals surface area contributed by atoms with E-state index < -0.39 is 16.9 Å². The van der Waals surface area contributed by atoms with Crippen LogP contribution in [0, 0.1) is 0 Å². The summed E-state index contributed by atoms with van der Waals surface area (Å²) in [5.74, 6) is 0.488. The number of anilines is 1. The van der Waals surface area contributed by atoms with Crippen LogP contribution in [0.2, 0.25) is 5.15 Å². The number of nitrogens with zero attached hydrogens (tertiary/aromatic N) is 2. The third-order valence-corrected chi connectivity index (χ3v) is 3.22. The molecule has 0 unspecified atom stereocenters. The maximum absolute atomic E-state index is 12.6. The summed E-state index contributed by atoms with van der Waals surface area (Å²) in [6.45, 7) is 4.25. The number of piperazine rings is 1. The highest BCUT2D eigenvalue weighted by Gasteiger charge is 2.34. The van der Waals surface area contributed by atoms with Crippen LogP contribution < -0.4 is 10.2 Å². The van der Waals surface area contributed by atoms with E-state index in [0.717, 1.165) is 19.2 Å². The number of rotatable bonds is 1. The lowest BCUT2D eigenvalue weighted by atomic mass is 10.2. The Kier molecular flexibility index (Phi) is 3.68. The molecular formula is C11H13ClF3N3. The molecule has 3 nitrogen and oxygen atoms in total. The number of pyridine rings is 1. The predicted molar refractivity (Wildman–Crippen MR) is 63.9 cm³/mol. The van der Waals surface area contributed by atoms with Gasteiger partial charge in [-0.25, -0.2) is 4.98 Å². The fourth-order valence-corrected chi connectivity index (χ4v) is 2.23. The average Bonchev–Trinajstić information content (AvgIpc) is 2.27. The van der Waals surface area contributed by atoms with Crippen molar-refractivity contribution < 1.29 is 13.2 Å². The van der Waals surface area contributed by atoms with Crippen molar-refractivity contribution in [3.8, 4) is 0 Å². The molecule has 7 heteroatoms. The van der Waals surface area contributed by atoms with Crippen molar-refractivity contribution in [1.29, 1.82) is 0 Å². The van der Waals surface area contributed by atoms with Gasteiger partial charge in [0.05, 0.1) is 5.56 Å². The van der Waals surface area contributed by atoms with Crippen molar-refractivity contribution in [1.82, 2.24) is 10.3 Å². The van der Waals surface area contributed by atoms with Gasteiger partial charge in [-0.1, -0.05) is 11.6 Å². The normalized spacial score (nSPS) is 21.2. The summed E-state index contributed by atoms with van der Waals surface area (Å²) < 4.78 is 37.7. The SMILES string of the molecule is C[C@H]1CNCCN1c1ccc(C(F)(F)F)c(Cl)n1. The Balaban J connectivity index is 2.28. The zero-order chi connectivity index (χ0) is 13.3. The molecule has 0 bridgehead atoms. The number of alkyl halides is 3. The fraction of sp³-hybridized carbons (Fsp3) is 0.545. The van der Waals surface area contributed by atoms with Gasteiger partial charge in [-0.15, -0.1) is 0 Å². The van der Waals surface area contributed by atoms with Gasteiger partial charge in [0, 0.05) is 25.7 Å². The number of hydrogen-bond donors (Lipinski definition) is 1. The van der Waals surface area contributed by atoms with Crippen LogP contribution in [0.4, 0.5) is 19.0 Å². The summed E-state index contributed by atoms with van der Waals surface area (Å²) in [6, 6.07) is 2.54. The van der Waals surface area contributed by atoms with Gasteiger partial charge in [-0.2, -0.15) is 13.2 Å². The van der Waals surface area contributed by atoms with E-state index in [1.807, 2.05) is 11.8 Å². The quantitative estimate of drug-likeness (QED) is 0.801. The Morgan fingerprint density at radius 2 is 2.17 bits per heavy atom. The van der Waals surface area contributed by atoms with Crippen LogP contribution in [0.25, 0.3) is 0 Å². The summed E-state index contributed by atoms with van der Waals surface area (Å²) >= 11 is 5.61. The largest absolute Gasteiger partial charge is 0.419 e. The average molecular weight is 280 g/mol. The Morgan fingerprint density at radius 1 is 1.44 bits per heavy atom. The predicted octanol–water partition coefficient (Wildman–Crippen LogP) is 2.55. The maximum atomic E-state index is 12.6. The molecule has 18 heavy (non-hydrogen) atoms. The maximum Gasteiger partial charge on any atom is 0.419 e. The van der Waals surface area contributed by atoms with Gasteiger partial charge in [-0.05, 0) is 19.1 Å². The minimum atomic E-state index is -4.46. The highest BCUT2D eigenvalue weighted by atomic mass is 35.5. The first-order chi connectivity index (χ1) is 8.39. The summed E-state index contributed by atoms with van der Waals surface area (Å²) in [5, 5.41) is 2.71. The van der Waals surface area contributed by atoms with Crippen LogP contribution >= 0.6 is 11.6 Å². The zero-order valence-electron chi connectivity index (χ0n) is 9.76. The summed E-state index contributed by atoms with van der Waals surface area (Å²) in [4.78, 5) is 5.80. The second-order valence-corrected chi connectivity index (χ2v) is 4.61. The first kappa shape index (κ1) is 13.4. The van der Waals surface area contributed by atoms with Gasteiger partial charge in [-0.3, -0.25) is 0 Å². The molecule has 1 aliphatic rings. The first-order valence-electron chi connectivity index (χ1n) is 5.60. The van der Waals surface area contributed by atoms with Gasteiger partial charge >= 0.3 is 6.18 Å². The Morgan fingerprint density at radius 3 is 2.72 bits per heavy atom. The van der Waals surface area contributed by atoms with Crippen molar-refractivity contribution in [2.24, 2.45) is 0 Å². The van der Waals surface area contributed by atoms with Crippen molar-refractivity contribution in [3.05, 3.63) is 22.8 Å². The molecule has 1 fully saturated rings. The van der Waals surface area contributed by atoms with E-state index in [4.69, 9.17) is 11.6 Å². The summed E-state index contributed by atoms with van der Waals surface area (Å²) in [6.07, 6.45) is -4.46. The van der Waals surface area contributed by atoms with Crippen LogP contribution in [0.15, 0.2) is 12.1 Å². The Hall–Kier alpha value is -1.01. The molecule has 2 rings (SSSR count). The number of aromatic nitrogens is 1. The van der Waals surface area contributed by atoms with Crippen molar-refractivity contribution >= 4 is 17.4 Å². The highest BCUT2D eigenvalue weighted by Crippen LogP contribution is 2.34. The van der Waals surface area contributed by atoms with Gasteiger partial charge in [0.1, 0.15) is 11.0 Å². The molecule has 0 spiro atoms. The fourth-order valence-electron chi connectivity index (χ4n) is 1.98. The van der Waals surface area contributed by atoms with Crippen LogP contribution in [-0.4, -0.2) is 30.7 Å². The molecule has 0 amide bonds. The molecular weight excluding hydrogens is 267 g/mol. The molecule has 100 valence electrons. The second kappa shape index (κ2) is 4.93. The monoisotopic (exact) mass is 279 g/mol. The zero-order valence-corrected chi connectivity index (χ0v) is 10.5. The minimum Gasteiger partial charge on any atom is -0.351 e. The van der Waals surface area contributed by atoms with Crippen LogP contribution in [0.1, 0.15) is 12.5 Å². The third kappa shape index (κ3) is 2.70. The van der Waals surface area contributed by atoms with E-state index in [9.17, 15) is 13.2 Å². The molecule has 0 aromatic carbocycles. The summed E-state index contributed by atoms with van der Waals surface area (Å²) in [5.41, 5.74) is -0.893. The Labute approximate surface area is 108 Å². The third-order valence-electron chi connectivity index (χ3n) is 2.93. The molecule has 2 heterocycles. The second-order valence-electron chi connectivity index (χ2n) is 4.25. The van der Waals surface area contributed by atoms with Gasteiger partial charge < -0.3 is 10.2 Å². The molecule has 0 saturated carbocycles. The van der Waals surface area contributed by atoms with Crippen molar-refractivity contribution in [2.75, 3.05) is 24.5 Å². The molecule has 1 aromatic rings. The van der Waals surface area contributed by atoms with Crippen LogP contribution in [0.3, 0.4) is 0 Å². The molecule has 1 saturated heterocycles. The molecule has 0 aliphatic carbocycles. The van der Waals surface area contributed by atoms with E-state index in [-0.39, 0.29) is 6.04 Å². The van der Waals surface area contributed by atoms with Crippen molar-refractivity contribution in [3.63, 3.8) is 0 Å². The molecule has 1 atom stereocenters. The first-order valence-corrected chi connectivity index (χ1v) is 5.98. The van der Waals surface area contributed by atoms with Crippen molar-refractivity contribution in [2.45, 2.75) is 19.1 Å². The molecule has 1 aromatic heterocycles. The highest BCUT2D eigenvalue weighted by molar-refractivity contribution is 6.30. The van der Waals surface area contributed by atoms with Gasteiger partial charge in [0.2, 0.25) is 0 Å². The number of hydrogen-bond acceptors (Lipinski definition) is 3. The summed E-state index contributed by atoms with van der Waals surface area (Å²) in [7, 11) is 0. The van der Waals surface area contributed by atoms with Gasteiger partial charge in [0.25, 0.3) is 0 Å². The molecule has 1 N–H and O–H groups in total. The topological polar surface area (TPSA) is 28.2 Å². The molecule has 0 radical (unpaired) electrons. The molecule has 1 aliphatic heterocycles. The van der Waals surface area contributed by atoms with E-state index in [1.54, 1.807) is 0 Å². The van der Waals surface area contributed by atoms with E-state index >= 15 is 0 Å². The smallest absolute Gasteiger partial charge is 0.351 e. The van der Waals surface area contributed by atoms with E-state index in [2.05, 4.69) is 10.3 Å². The minimum absolute atomic E-state index is 0.180.